The highest BCUT2D eigenvalue weighted by Crippen LogP contribution is 2.15. The van der Waals surface area contributed by atoms with Gasteiger partial charge >= 0.3 is 0 Å². The lowest BCUT2D eigenvalue weighted by Crippen LogP contribution is -2.12. The maximum Gasteiger partial charge on any atom is 0.248 e. The molecule has 0 N–H and O–H groups in total. The highest BCUT2D eigenvalue weighted by molar-refractivity contribution is 5.88. The van der Waals surface area contributed by atoms with Crippen molar-refractivity contribution in [1.29, 1.82) is 0 Å². The van der Waals surface area contributed by atoms with Crippen molar-refractivity contribution in [3.63, 3.8) is 0 Å². The van der Waals surface area contributed by atoms with Gasteiger partial charge in [0.25, 0.3) is 0 Å². The molecule has 0 aliphatic carbocycles. The predicted molar refractivity (Wildman–Crippen MR) is 145 cm³/mol. The smallest absolute Gasteiger partial charge is 0.248 e. The normalized spacial score (nSPS) is 11.7. The lowest BCUT2D eigenvalue weighted by atomic mass is 10.0. The zero-order chi connectivity index (χ0) is 24.1. The van der Waals surface area contributed by atoms with Crippen LogP contribution in [-0.2, 0) is 0 Å². The number of rotatable bonds is 21. The van der Waals surface area contributed by atoms with Crippen LogP contribution in [0.4, 0.5) is 0 Å². The van der Waals surface area contributed by atoms with Gasteiger partial charge in [0, 0.05) is 6.42 Å². The first-order valence-corrected chi connectivity index (χ1v) is 14.3. The Kier molecular flexibility index (Phi) is 16.1. The van der Waals surface area contributed by atoms with Crippen LogP contribution in [0.1, 0.15) is 140 Å². The van der Waals surface area contributed by atoms with Crippen molar-refractivity contribution in [3.8, 4) is 0 Å². The van der Waals surface area contributed by atoms with E-state index in [-0.39, 0.29) is 5.91 Å². The largest absolute Gasteiger partial charge is 0.273 e. The third kappa shape index (κ3) is 12.5. The summed E-state index contributed by atoms with van der Waals surface area (Å²) in [6.07, 6.45) is 30.5. The van der Waals surface area contributed by atoms with E-state index in [1.54, 1.807) is 0 Å². The lowest BCUT2D eigenvalue weighted by Gasteiger charge is -2.04. The standard InChI is InChI=1S/C30H49N3O/c1-2-3-4-5-6-7-8-9-10-11-12-13-14-15-16-17-18-19-20-21-22-27-30(34)33-29-26-24-23-25-28(29)31-32-33/h4-5,23-26H,2-3,6-22,27H2,1H3/b5-4+. The molecule has 0 fully saturated rings. The maximum absolute atomic E-state index is 12.4. The van der Waals surface area contributed by atoms with Crippen LogP contribution in [0.15, 0.2) is 36.4 Å². The van der Waals surface area contributed by atoms with Crippen molar-refractivity contribution in [2.75, 3.05) is 0 Å². The van der Waals surface area contributed by atoms with Crippen molar-refractivity contribution in [3.05, 3.63) is 36.4 Å². The van der Waals surface area contributed by atoms with Crippen LogP contribution in [0.25, 0.3) is 11.0 Å². The average molecular weight is 468 g/mol. The summed E-state index contributed by atoms with van der Waals surface area (Å²) in [6.45, 7) is 2.24. The molecule has 1 heterocycles. The maximum atomic E-state index is 12.4. The molecule has 0 bridgehead atoms. The predicted octanol–water partition coefficient (Wildman–Crippen LogP) is 9.45. The summed E-state index contributed by atoms with van der Waals surface area (Å²) in [5, 5.41) is 8.08. The van der Waals surface area contributed by atoms with Gasteiger partial charge in [0.05, 0.1) is 5.52 Å². The van der Waals surface area contributed by atoms with Crippen LogP contribution in [0, 0.1) is 0 Å². The van der Waals surface area contributed by atoms with E-state index >= 15 is 0 Å². The topological polar surface area (TPSA) is 47.8 Å². The Morgan fingerprint density at radius 3 is 1.79 bits per heavy atom. The minimum atomic E-state index is 0.0592. The van der Waals surface area contributed by atoms with Crippen LogP contribution < -0.4 is 0 Å². The molecular formula is C30H49N3O. The second-order valence-electron chi connectivity index (χ2n) is 9.84. The average Bonchev–Trinajstić information content (AvgIpc) is 3.29. The molecule has 0 radical (unpaired) electrons. The summed E-state index contributed by atoms with van der Waals surface area (Å²) in [4.78, 5) is 12.4. The van der Waals surface area contributed by atoms with Gasteiger partial charge in [-0.25, -0.2) is 0 Å². The molecule has 4 heteroatoms. The second-order valence-corrected chi connectivity index (χ2v) is 9.84. The molecule has 0 spiro atoms. The SMILES string of the molecule is CCC/C=C/CCCCCCCCCCCCCCCCCCC(=O)n1nnc2ccccc21. The van der Waals surface area contributed by atoms with E-state index in [0.29, 0.717) is 6.42 Å². The van der Waals surface area contributed by atoms with Gasteiger partial charge in [-0.05, 0) is 37.8 Å². The Labute approximate surface area is 208 Å². The van der Waals surface area contributed by atoms with Crippen LogP contribution in [0.3, 0.4) is 0 Å². The van der Waals surface area contributed by atoms with Gasteiger partial charge in [0.2, 0.25) is 5.91 Å². The Morgan fingerprint density at radius 2 is 1.21 bits per heavy atom. The fraction of sp³-hybridized carbons (Fsp3) is 0.700. The van der Waals surface area contributed by atoms with E-state index in [4.69, 9.17) is 0 Å². The van der Waals surface area contributed by atoms with Crippen LogP contribution in [0.5, 0.6) is 0 Å². The van der Waals surface area contributed by atoms with Crippen LogP contribution in [-0.4, -0.2) is 20.9 Å². The molecule has 0 aliphatic heterocycles. The number of hydrogen-bond acceptors (Lipinski definition) is 3. The molecule has 0 saturated heterocycles. The summed E-state index contributed by atoms with van der Waals surface area (Å²) in [5.74, 6) is 0.0592. The van der Waals surface area contributed by atoms with E-state index in [2.05, 4.69) is 29.4 Å². The van der Waals surface area contributed by atoms with E-state index < -0.39 is 0 Å². The van der Waals surface area contributed by atoms with Gasteiger partial charge in [-0.15, -0.1) is 5.10 Å². The number of para-hydroxylation sites is 1. The first kappa shape index (κ1) is 28.3. The quantitative estimate of drug-likeness (QED) is 0.136. The third-order valence-corrected chi connectivity index (χ3v) is 6.72. The minimum Gasteiger partial charge on any atom is -0.273 e. The Balaban J connectivity index is 1.29. The van der Waals surface area contributed by atoms with Crippen molar-refractivity contribution in [1.82, 2.24) is 15.0 Å². The second kappa shape index (κ2) is 19.3. The Morgan fingerprint density at radius 1 is 0.706 bits per heavy atom. The summed E-state index contributed by atoms with van der Waals surface area (Å²) in [6, 6.07) is 7.64. The number of carbonyl (C=O) groups excluding carboxylic acids is 1. The van der Waals surface area contributed by atoms with E-state index in [1.807, 2.05) is 24.3 Å². The fourth-order valence-electron chi connectivity index (χ4n) is 4.57. The number of fused-ring (bicyclic) bond motifs is 1. The molecule has 2 aromatic rings. The molecule has 34 heavy (non-hydrogen) atoms. The van der Waals surface area contributed by atoms with Crippen LogP contribution >= 0.6 is 0 Å². The molecule has 4 nitrogen and oxygen atoms in total. The third-order valence-electron chi connectivity index (χ3n) is 6.72. The fourth-order valence-corrected chi connectivity index (χ4v) is 4.57. The van der Waals surface area contributed by atoms with Gasteiger partial charge in [-0.2, -0.15) is 4.68 Å². The Hall–Kier alpha value is -1.97. The number of benzene rings is 1. The van der Waals surface area contributed by atoms with Gasteiger partial charge in [0.15, 0.2) is 0 Å². The monoisotopic (exact) mass is 467 g/mol. The highest BCUT2D eigenvalue weighted by Gasteiger charge is 2.10. The van der Waals surface area contributed by atoms with Crippen molar-refractivity contribution < 1.29 is 4.79 Å². The molecule has 190 valence electrons. The van der Waals surface area contributed by atoms with E-state index in [1.165, 1.54) is 114 Å². The highest BCUT2D eigenvalue weighted by atomic mass is 16.2. The van der Waals surface area contributed by atoms with Crippen molar-refractivity contribution >= 4 is 16.9 Å². The summed E-state index contributed by atoms with van der Waals surface area (Å²) in [5.41, 5.74) is 1.60. The molecular weight excluding hydrogens is 418 g/mol. The summed E-state index contributed by atoms with van der Waals surface area (Å²) >= 11 is 0. The molecule has 1 aromatic heterocycles. The molecule has 0 aliphatic rings. The van der Waals surface area contributed by atoms with Gasteiger partial charge in [0.1, 0.15) is 5.52 Å². The lowest BCUT2D eigenvalue weighted by molar-refractivity contribution is 0.0886. The summed E-state index contributed by atoms with van der Waals surface area (Å²) in [7, 11) is 0. The summed E-state index contributed by atoms with van der Waals surface area (Å²) < 4.78 is 1.46. The van der Waals surface area contributed by atoms with Gasteiger partial charge < -0.3 is 0 Å². The first-order chi connectivity index (χ1) is 16.8. The zero-order valence-electron chi connectivity index (χ0n) is 21.9. The molecule has 0 unspecified atom stereocenters. The first-order valence-electron chi connectivity index (χ1n) is 14.3. The number of nitrogens with zero attached hydrogens (tertiary/aromatic N) is 3. The number of hydrogen-bond donors (Lipinski definition) is 0. The number of aromatic nitrogens is 3. The molecule has 0 atom stereocenters. The number of unbranched alkanes of at least 4 members (excludes halogenated alkanes) is 17. The number of carbonyl (C=O) groups is 1. The molecule has 0 amide bonds. The Bertz CT molecular complexity index is 795. The van der Waals surface area contributed by atoms with E-state index in [0.717, 1.165) is 23.9 Å². The van der Waals surface area contributed by atoms with Gasteiger partial charge in [-0.1, -0.05) is 133 Å². The van der Waals surface area contributed by atoms with E-state index in [9.17, 15) is 4.79 Å². The van der Waals surface area contributed by atoms with Crippen molar-refractivity contribution in [2.24, 2.45) is 0 Å². The van der Waals surface area contributed by atoms with Crippen LogP contribution in [0.2, 0.25) is 0 Å². The van der Waals surface area contributed by atoms with Crippen molar-refractivity contribution in [2.45, 2.75) is 135 Å². The molecule has 1 aromatic carbocycles. The molecule has 0 saturated carbocycles. The minimum absolute atomic E-state index is 0.0592. The zero-order valence-corrected chi connectivity index (χ0v) is 21.9. The van der Waals surface area contributed by atoms with Gasteiger partial charge in [-0.3, -0.25) is 4.79 Å². The molecule has 2 rings (SSSR count). The number of allylic oxidation sites excluding steroid dienone is 2.